The molecule has 0 saturated heterocycles. The van der Waals surface area contributed by atoms with Crippen LogP contribution in [0.1, 0.15) is 11.3 Å². The van der Waals surface area contributed by atoms with Gasteiger partial charge in [0.25, 0.3) is 5.56 Å². The Labute approximate surface area is 63.3 Å². The first-order chi connectivity index (χ1) is 5.29. The Balaban J connectivity index is 3.47. The van der Waals surface area contributed by atoms with Crippen molar-refractivity contribution in [3.8, 4) is 0 Å². The van der Waals surface area contributed by atoms with Gasteiger partial charge in [-0.25, -0.2) is 5.10 Å². The van der Waals surface area contributed by atoms with Crippen LogP contribution in [-0.4, -0.2) is 15.4 Å². The first-order valence-corrected chi connectivity index (χ1v) is 3.00. The molecule has 0 amide bonds. The van der Waals surface area contributed by atoms with Crippen LogP contribution in [0.2, 0.25) is 0 Å². The van der Waals surface area contributed by atoms with Crippen LogP contribution in [0.4, 0.5) is 0 Å². The van der Waals surface area contributed by atoms with Gasteiger partial charge >= 0.3 is 0 Å². The zero-order chi connectivity index (χ0) is 8.27. The van der Waals surface area contributed by atoms with Crippen LogP contribution in [0, 0.1) is 0 Å². The van der Waals surface area contributed by atoms with E-state index in [2.05, 4.69) is 28.6 Å². The normalized spacial score (nSPS) is 9.09. The van der Waals surface area contributed by atoms with Crippen LogP contribution < -0.4 is 5.56 Å². The molecule has 1 N–H and O–H groups in total. The monoisotopic (exact) mass is 149 g/mol. The number of hydrogen-bond donors (Lipinski definition) is 1. The van der Waals surface area contributed by atoms with Gasteiger partial charge in [-0.05, 0) is 6.08 Å². The number of hydrogen-bond acceptors (Lipinski definition) is 3. The maximum Gasteiger partial charge on any atom is 0.274 e. The lowest BCUT2D eigenvalue weighted by molar-refractivity contribution is 0.830. The van der Waals surface area contributed by atoms with E-state index < -0.39 is 0 Å². The average molecular weight is 149 g/mol. The van der Waals surface area contributed by atoms with E-state index in [-0.39, 0.29) is 5.56 Å². The van der Waals surface area contributed by atoms with Crippen molar-refractivity contribution < 1.29 is 0 Å². The molecule has 11 heavy (non-hydrogen) atoms. The number of aromatic amines is 1. The van der Waals surface area contributed by atoms with Gasteiger partial charge in [-0.2, -0.15) is 0 Å². The summed E-state index contributed by atoms with van der Waals surface area (Å²) in [4.78, 5) is 11.0. The summed E-state index contributed by atoms with van der Waals surface area (Å²) in [6.45, 7) is 6.94. The fourth-order valence-electron chi connectivity index (χ4n) is 0.703. The Morgan fingerprint density at radius 2 is 2.09 bits per heavy atom. The molecule has 0 aliphatic carbocycles. The summed E-state index contributed by atoms with van der Waals surface area (Å²) in [7, 11) is 0. The third-order valence-corrected chi connectivity index (χ3v) is 1.23. The second-order valence-electron chi connectivity index (χ2n) is 1.85. The highest BCUT2D eigenvalue weighted by Gasteiger charge is 2.00. The number of rotatable bonds is 2. The highest BCUT2D eigenvalue weighted by atomic mass is 16.1. The van der Waals surface area contributed by atoms with Gasteiger partial charge < -0.3 is 0 Å². The lowest BCUT2D eigenvalue weighted by atomic mass is 10.2. The van der Waals surface area contributed by atoms with Crippen molar-refractivity contribution in [2.45, 2.75) is 0 Å². The summed E-state index contributed by atoms with van der Waals surface area (Å²) < 4.78 is 0. The zero-order valence-corrected chi connectivity index (χ0v) is 5.87. The van der Waals surface area contributed by atoms with E-state index in [0.29, 0.717) is 11.3 Å². The molecule has 0 bridgehead atoms. The average Bonchev–Trinajstić information content (AvgIpc) is 2.04. The van der Waals surface area contributed by atoms with Crippen molar-refractivity contribution in [2.75, 3.05) is 0 Å². The van der Waals surface area contributed by atoms with Gasteiger partial charge in [-0.15, -0.1) is 5.10 Å². The van der Waals surface area contributed by atoms with E-state index in [1.807, 2.05) is 0 Å². The van der Waals surface area contributed by atoms with Crippen molar-refractivity contribution in [2.24, 2.45) is 0 Å². The predicted octanol–water partition coefficient (Wildman–Crippen LogP) is 0.451. The van der Waals surface area contributed by atoms with E-state index >= 15 is 0 Å². The third-order valence-electron chi connectivity index (χ3n) is 1.23. The molecule has 0 fully saturated rings. The second kappa shape index (κ2) is 2.92. The van der Waals surface area contributed by atoms with Gasteiger partial charge in [0.05, 0.1) is 11.3 Å². The van der Waals surface area contributed by atoms with Crippen LogP contribution in [-0.2, 0) is 0 Å². The Hall–Kier alpha value is -1.71. The minimum Gasteiger partial charge on any atom is -0.267 e. The summed E-state index contributed by atoms with van der Waals surface area (Å²) >= 11 is 0. The topological polar surface area (TPSA) is 58.6 Å². The van der Waals surface area contributed by atoms with Crippen molar-refractivity contribution >= 4 is 12.2 Å². The van der Waals surface area contributed by atoms with Crippen LogP contribution in [0.5, 0.6) is 0 Å². The molecule has 1 aromatic heterocycles. The predicted molar refractivity (Wildman–Crippen MR) is 42.8 cm³/mol. The largest absolute Gasteiger partial charge is 0.274 e. The van der Waals surface area contributed by atoms with Gasteiger partial charge in [0, 0.05) is 0 Å². The number of nitrogens with one attached hydrogen (secondary N) is 1. The molecule has 1 rings (SSSR count). The molecule has 0 spiro atoms. The van der Waals surface area contributed by atoms with E-state index in [1.54, 1.807) is 0 Å². The SMILES string of the molecule is C=Cc1nn[nH]c(=O)c1C=C. The summed E-state index contributed by atoms with van der Waals surface area (Å²) in [6, 6.07) is 0. The van der Waals surface area contributed by atoms with Crippen LogP contribution in [0.3, 0.4) is 0 Å². The maximum atomic E-state index is 11.0. The van der Waals surface area contributed by atoms with E-state index in [9.17, 15) is 4.79 Å². The van der Waals surface area contributed by atoms with Crippen LogP contribution >= 0.6 is 0 Å². The first kappa shape index (κ1) is 7.40. The van der Waals surface area contributed by atoms with Gasteiger partial charge in [0.15, 0.2) is 0 Å². The van der Waals surface area contributed by atoms with Gasteiger partial charge in [0.2, 0.25) is 0 Å². The highest BCUT2D eigenvalue weighted by molar-refractivity contribution is 5.58. The maximum absolute atomic E-state index is 11.0. The summed E-state index contributed by atoms with van der Waals surface area (Å²) in [5, 5.41) is 9.18. The smallest absolute Gasteiger partial charge is 0.267 e. The lowest BCUT2D eigenvalue weighted by Crippen LogP contribution is -2.14. The fraction of sp³-hybridized carbons (Fsp3) is 0. The Bertz CT molecular complexity index is 340. The van der Waals surface area contributed by atoms with Crippen molar-refractivity contribution in [3.63, 3.8) is 0 Å². The van der Waals surface area contributed by atoms with E-state index in [4.69, 9.17) is 0 Å². The molecular weight excluding hydrogens is 142 g/mol. The minimum atomic E-state index is -0.301. The molecule has 4 nitrogen and oxygen atoms in total. The number of aromatic nitrogens is 3. The molecule has 0 saturated carbocycles. The minimum absolute atomic E-state index is 0.301. The van der Waals surface area contributed by atoms with Crippen LogP contribution in [0.15, 0.2) is 18.0 Å². The quantitative estimate of drug-likeness (QED) is 0.664. The van der Waals surface area contributed by atoms with Gasteiger partial charge in [0.1, 0.15) is 0 Å². The number of nitrogens with zero attached hydrogens (tertiary/aromatic N) is 2. The molecule has 0 aliphatic rings. The summed E-state index contributed by atoms with van der Waals surface area (Å²) in [5.74, 6) is 0. The zero-order valence-electron chi connectivity index (χ0n) is 5.87. The van der Waals surface area contributed by atoms with Gasteiger partial charge in [-0.3, -0.25) is 4.79 Å². The molecule has 0 radical (unpaired) electrons. The molecule has 0 aromatic carbocycles. The standard InChI is InChI=1S/C7H7N3O/c1-3-5-6(4-2)8-10-9-7(5)11/h3-4H,1-2H2,(H,8,9,11). The van der Waals surface area contributed by atoms with E-state index in [0.717, 1.165) is 0 Å². The van der Waals surface area contributed by atoms with Crippen molar-refractivity contribution in [1.82, 2.24) is 15.4 Å². The van der Waals surface area contributed by atoms with Crippen LogP contribution in [0.25, 0.3) is 12.2 Å². The highest BCUT2D eigenvalue weighted by Crippen LogP contribution is 1.99. The second-order valence-corrected chi connectivity index (χ2v) is 1.85. The molecule has 1 aromatic rings. The van der Waals surface area contributed by atoms with E-state index in [1.165, 1.54) is 12.2 Å². The molecule has 4 heteroatoms. The third kappa shape index (κ3) is 1.24. The molecule has 56 valence electrons. The lowest BCUT2D eigenvalue weighted by Gasteiger charge is -1.93. The first-order valence-electron chi connectivity index (χ1n) is 3.00. The Morgan fingerprint density at radius 3 is 2.55 bits per heavy atom. The molecule has 1 heterocycles. The fourth-order valence-corrected chi connectivity index (χ4v) is 0.703. The van der Waals surface area contributed by atoms with Crippen molar-refractivity contribution in [1.29, 1.82) is 0 Å². The molecule has 0 atom stereocenters. The Morgan fingerprint density at radius 1 is 1.36 bits per heavy atom. The molecular formula is C7H7N3O. The molecule has 0 aliphatic heterocycles. The molecule has 0 unspecified atom stereocenters. The summed E-state index contributed by atoms with van der Waals surface area (Å²) in [5.41, 5.74) is 0.545. The number of H-pyrrole nitrogens is 1. The Kier molecular flexibility index (Phi) is 1.96. The van der Waals surface area contributed by atoms with Gasteiger partial charge in [-0.1, -0.05) is 24.4 Å². The summed E-state index contributed by atoms with van der Waals surface area (Å²) in [6.07, 6.45) is 2.88. The van der Waals surface area contributed by atoms with Crippen molar-refractivity contribution in [3.05, 3.63) is 34.8 Å².